The minimum absolute atomic E-state index is 0.0426. The number of aromatic nitrogens is 1. The number of hydrogen-bond acceptors (Lipinski definition) is 6. The van der Waals surface area contributed by atoms with Gasteiger partial charge < -0.3 is 14.5 Å². The Morgan fingerprint density at radius 2 is 1.69 bits per heavy atom. The number of carbonyl (C=O) groups is 1. The molecule has 2 N–H and O–H groups in total. The van der Waals surface area contributed by atoms with Crippen LogP contribution in [0.15, 0.2) is 76.0 Å². The van der Waals surface area contributed by atoms with Crippen molar-refractivity contribution in [1.82, 2.24) is 4.98 Å². The second kappa shape index (κ2) is 8.72. The zero-order valence-corrected chi connectivity index (χ0v) is 18.3. The number of sulfonamides is 1. The second-order valence-corrected chi connectivity index (χ2v) is 8.64. The molecule has 0 radical (unpaired) electrons. The molecule has 164 valence electrons. The third kappa shape index (κ3) is 4.57. The first-order valence-corrected chi connectivity index (χ1v) is 11.3. The van der Waals surface area contributed by atoms with Crippen LogP contribution in [0, 0.1) is 0 Å². The maximum Gasteiger partial charge on any atom is 0.261 e. The standard InChI is InChI=1S/C23H21N3O5S/c1-3-22-25-20-14-17(8-13-21(20)31-22)24-23(27)15-4-11-19(12-5-15)32(28,29)26-16-6-9-18(30-2)10-7-16/h4-14,26H,3H2,1-2H3,(H,24,27). The number of ether oxygens (including phenoxy) is 1. The summed E-state index contributed by atoms with van der Waals surface area (Å²) in [6.45, 7) is 1.95. The topological polar surface area (TPSA) is 111 Å². The monoisotopic (exact) mass is 451 g/mol. The number of methoxy groups -OCH3 is 1. The van der Waals surface area contributed by atoms with Crippen molar-refractivity contribution in [1.29, 1.82) is 0 Å². The van der Waals surface area contributed by atoms with Crippen LogP contribution in [0.25, 0.3) is 11.1 Å². The van der Waals surface area contributed by atoms with Crippen LogP contribution >= 0.6 is 0 Å². The van der Waals surface area contributed by atoms with Crippen molar-refractivity contribution >= 4 is 38.4 Å². The highest BCUT2D eigenvalue weighted by atomic mass is 32.2. The van der Waals surface area contributed by atoms with Crippen LogP contribution in [0.5, 0.6) is 5.75 Å². The highest BCUT2D eigenvalue weighted by molar-refractivity contribution is 7.92. The molecule has 8 nitrogen and oxygen atoms in total. The molecule has 9 heteroatoms. The summed E-state index contributed by atoms with van der Waals surface area (Å²) >= 11 is 0. The first-order valence-electron chi connectivity index (χ1n) is 9.85. The van der Waals surface area contributed by atoms with E-state index in [4.69, 9.17) is 9.15 Å². The van der Waals surface area contributed by atoms with Gasteiger partial charge in [0.05, 0.1) is 12.0 Å². The Morgan fingerprint density at radius 3 is 2.34 bits per heavy atom. The molecule has 4 rings (SSSR count). The molecule has 0 aliphatic rings. The molecule has 0 bridgehead atoms. The van der Waals surface area contributed by atoms with Crippen LogP contribution < -0.4 is 14.8 Å². The third-order valence-corrected chi connectivity index (χ3v) is 6.16. The fraction of sp³-hybridized carbons (Fsp3) is 0.130. The average Bonchev–Trinajstić information content (AvgIpc) is 3.22. The molecule has 0 saturated carbocycles. The first-order chi connectivity index (χ1) is 15.4. The molecule has 0 atom stereocenters. The van der Waals surface area contributed by atoms with Crippen LogP contribution in [0.3, 0.4) is 0 Å². The molecule has 0 unspecified atom stereocenters. The van der Waals surface area contributed by atoms with E-state index in [1.54, 1.807) is 42.5 Å². The van der Waals surface area contributed by atoms with Gasteiger partial charge in [-0.1, -0.05) is 6.92 Å². The van der Waals surface area contributed by atoms with E-state index in [1.807, 2.05) is 6.92 Å². The van der Waals surface area contributed by atoms with Crippen LogP contribution in [0.2, 0.25) is 0 Å². The summed E-state index contributed by atoms with van der Waals surface area (Å²) in [4.78, 5) is 17.0. The van der Waals surface area contributed by atoms with E-state index in [-0.39, 0.29) is 10.8 Å². The van der Waals surface area contributed by atoms with Crippen molar-refractivity contribution < 1.29 is 22.4 Å². The molecule has 0 aliphatic carbocycles. The number of nitrogens with zero attached hydrogens (tertiary/aromatic N) is 1. The van der Waals surface area contributed by atoms with Crippen LogP contribution in [-0.2, 0) is 16.4 Å². The average molecular weight is 452 g/mol. The Bertz CT molecular complexity index is 1360. The molecule has 1 amide bonds. The molecule has 1 heterocycles. The summed E-state index contributed by atoms with van der Waals surface area (Å²) in [5.74, 6) is 0.885. The summed E-state index contributed by atoms with van der Waals surface area (Å²) in [5.41, 5.74) is 2.60. The zero-order valence-electron chi connectivity index (χ0n) is 17.5. The fourth-order valence-electron chi connectivity index (χ4n) is 3.07. The van der Waals surface area contributed by atoms with Gasteiger partial charge in [-0.05, 0) is 66.7 Å². The van der Waals surface area contributed by atoms with Crippen LogP contribution in [0.4, 0.5) is 11.4 Å². The van der Waals surface area contributed by atoms with Crippen molar-refractivity contribution in [2.24, 2.45) is 0 Å². The van der Waals surface area contributed by atoms with Gasteiger partial charge in [0, 0.05) is 23.4 Å². The second-order valence-electron chi connectivity index (χ2n) is 6.96. The number of nitrogens with one attached hydrogen (secondary N) is 2. The Balaban J connectivity index is 1.46. The van der Waals surface area contributed by atoms with E-state index in [0.717, 1.165) is 0 Å². The summed E-state index contributed by atoms with van der Waals surface area (Å²) in [5, 5.41) is 2.79. The molecular formula is C23H21N3O5S. The molecule has 0 spiro atoms. The maximum absolute atomic E-state index is 12.6. The van der Waals surface area contributed by atoms with Crippen molar-refractivity contribution in [2.75, 3.05) is 17.1 Å². The number of carbonyl (C=O) groups excluding carboxylic acids is 1. The molecule has 0 fully saturated rings. The quantitative estimate of drug-likeness (QED) is 0.429. The molecule has 1 aromatic heterocycles. The number of rotatable bonds is 7. The molecular weight excluding hydrogens is 430 g/mol. The number of aryl methyl sites for hydroxylation is 1. The Morgan fingerprint density at radius 1 is 1.00 bits per heavy atom. The Labute approximate surface area is 185 Å². The summed E-state index contributed by atoms with van der Waals surface area (Å²) < 4.78 is 38.4. The predicted octanol–water partition coefficient (Wildman–Crippen LogP) is 4.45. The molecule has 0 saturated heterocycles. The first kappa shape index (κ1) is 21.4. The number of benzene rings is 3. The van der Waals surface area contributed by atoms with Crippen molar-refractivity contribution in [3.8, 4) is 5.75 Å². The minimum atomic E-state index is -3.80. The normalized spacial score (nSPS) is 11.3. The number of hydrogen-bond donors (Lipinski definition) is 2. The van der Waals surface area contributed by atoms with E-state index in [0.29, 0.717) is 46.1 Å². The number of oxazole rings is 1. The van der Waals surface area contributed by atoms with E-state index in [2.05, 4.69) is 15.0 Å². The number of fused-ring (bicyclic) bond motifs is 1. The van der Waals surface area contributed by atoms with Gasteiger partial charge >= 0.3 is 0 Å². The SMILES string of the molecule is CCc1nc2cc(NC(=O)c3ccc(S(=O)(=O)Nc4ccc(OC)cc4)cc3)ccc2o1. The summed E-state index contributed by atoms with van der Waals surface area (Å²) in [6, 6.07) is 17.4. The van der Waals surface area contributed by atoms with Gasteiger partial charge in [-0.3, -0.25) is 9.52 Å². The number of anilines is 2. The van der Waals surface area contributed by atoms with Crippen molar-refractivity contribution in [3.05, 3.63) is 78.2 Å². The van der Waals surface area contributed by atoms with E-state index in [9.17, 15) is 13.2 Å². The van der Waals surface area contributed by atoms with Gasteiger partial charge in [0.2, 0.25) is 0 Å². The van der Waals surface area contributed by atoms with E-state index in [1.165, 1.54) is 31.4 Å². The minimum Gasteiger partial charge on any atom is -0.497 e. The van der Waals surface area contributed by atoms with Crippen molar-refractivity contribution in [3.63, 3.8) is 0 Å². The largest absolute Gasteiger partial charge is 0.497 e. The fourth-order valence-corrected chi connectivity index (χ4v) is 4.12. The lowest BCUT2D eigenvalue weighted by Gasteiger charge is -2.10. The zero-order chi connectivity index (χ0) is 22.7. The highest BCUT2D eigenvalue weighted by Crippen LogP contribution is 2.22. The maximum atomic E-state index is 12.6. The lowest BCUT2D eigenvalue weighted by molar-refractivity contribution is 0.102. The van der Waals surface area contributed by atoms with Crippen molar-refractivity contribution in [2.45, 2.75) is 18.2 Å². The Hall–Kier alpha value is -3.85. The molecule has 32 heavy (non-hydrogen) atoms. The summed E-state index contributed by atoms with van der Waals surface area (Å²) in [6.07, 6.45) is 0.680. The summed E-state index contributed by atoms with van der Waals surface area (Å²) in [7, 11) is -2.27. The van der Waals surface area contributed by atoms with Gasteiger partial charge in [0.25, 0.3) is 15.9 Å². The lowest BCUT2D eigenvalue weighted by atomic mass is 10.2. The van der Waals surface area contributed by atoms with Crippen LogP contribution in [0.1, 0.15) is 23.2 Å². The molecule has 0 aliphatic heterocycles. The van der Waals surface area contributed by atoms with Crippen LogP contribution in [-0.4, -0.2) is 26.4 Å². The van der Waals surface area contributed by atoms with Gasteiger partial charge in [-0.15, -0.1) is 0 Å². The smallest absolute Gasteiger partial charge is 0.261 e. The highest BCUT2D eigenvalue weighted by Gasteiger charge is 2.16. The van der Waals surface area contributed by atoms with Gasteiger partial charge in [0.1, 0.15) is 11.3 Å². The Kier molecular flexibility index (Phi) is 5.83. The molecule has 4 aromatic rings. The lowest BCUT2D eigenvalue weighted by Crippen LogP contribution is -2.14. The third-order valence-electron chi connectivity index (χ3n) is 4.76. The van der Waals surface area contributed by atoms with Gasteiger partial charge in [-0.25, -0.2) is 13.4 Å². The van der Waals surface area contributed by atoms with E-state index >= 15 is 0 Å². The predicted molar refractivity (Wildman–Crippen MR) is 122 cm³/mol. The van der Waals surface area contributed by atoms with E-state index < -0.39 is 10.0 Å². The van der Waals surface area contributed by atoms with Gasteiger partial charge in [-0.2, -0.15) is 0 Å². The number of amides is 1. The van der Waals surface area contributed by atoms with Gasteiger partial charge in [0.15, 0.2) is 11.5 Å². The molecule has 3 aromatic carbocycles.